The van der Waals surface area contributed by atoms with E-state index in [2.05, 4.69) is 54.4 Å². The van der Waals surface area contributed by atoms with Gasteiger partial charge in [0.25, 0.3) is 0 Å². The molecule has 0 amide bonds. The molecule has 0 radical (unpaired) electrons. The molecule has 152 valence electrons. The van der Waals surface area contributed by atoms with Gasteiger partial charge in [-0.05, 0) is 12.0 Å². The topological polar surface area (TPSA) is 94.7 Å². The molecule has 2 aromatic heterocycles. The number of guanidine groups is 1. The first kappa shape index (κ1) is 20.1. The van der Waals surface area contributed by atoms with Gasteiger partial charge in [-0.25, -0.2) is 9.97 Å². The summed E-state index contributed by atoms with van der Waals surface area (Å²) in [5.74, 6) is 2.76. The molecule has 9 nitrogen and oxygen atoms in total. The van der Waals surface area contributed by atoms with Gasteiger partial charge in [0.05, 0.1) is 12.2 Å². The second-order valence-electron chi connectivity index (χ2n) is 7.10. The van der Waals surface area contributed by atoms with Crippen LogP contribution in [0.15, 0.2) is 34.0 Å². The second-order valence-corrected chi connectivity index (χ2v) is 7.10. The Morgan fingerprint density at radius 1 is 1.18 bits per heavy atom. The van der Waals surface area contributed by atoms with Gasteiger partial charge in [-0.3, -0.25) is 9.89 Å². The summed E-state index contributed by atoms with van der Waals surface area (Å²) in [5, 5.41) is 10.7. The number of nitrogens with zero attached hydrogens (tertiary/aromatic N) is 6. The molecule has 1 fully saturated rings. The van der Waals surface area contributed by atoms with Crippen LogP contribution in [0.2, 0.25) is 0 Å². The van der Waals surface area contributed by atoms with Gasteiger partial charge in [-0.15, -0.1) is 0 Å². The minimum absolute atomic E-state index is 0.365. The van der Waals surface area contributed by atoms with Crippen LogP contribution in [0.1, 0.15) is 31.2 Å². The molecule has 0 spiro atoms. The zero-order chi connectivity index (χ0) is 19.8. The Morgan fingerprint density at radius 3 is 2.57 bits per heavy atom. The fourth-order valence-electron chi connectivity index (χ4n) is 3.03. The number of hydrogen-bond donors (Lipinski definition) is 2. The van der Waals surface area contributed by atoms with Crippen LogP contribution in [0.4, 0.5) is 5.95 Å². The lowest BCUT2D eigenvalue weighted by molar-refractivity contribution is 0.260. The minimum Gasteiger partial charge on any atom is -0.359 e. The van der Waals surface area contributed by atoms with Crippen LogP contribution in [0.3, 0.4) is 0 Å². The zero-order valence-electron chi connectivity index (χ0n) is 16.9. The quantitative estimate of drug-likeness (QED) is 0.539. The third kappa shape index (κ3) is 5.66. The van der Waals surface area contributed by atoms with Crippen LogP contribution in [0, 0.1) is 0 Å². The number of piperazine rings is 1. The van der Waals surface area contributed by atoms with E-state index in [4.69, 9.17) is 4.52 Å². The van der Waals surface area contributed by atoms with Crippen molar-refractivity contribution in [1.82, 2.24) is 30.7 Å². The molecule has 3 rings (SSSR count). The van der Waals surface area contributed by atoms with Gasteiger partial charge in [0, 0.05) is 64.8 Å². The molecular formula is C19H30N8O. The summed E-state index contributed by atoms with van der Waals surface area (Å²) >= 11 is 0. The largest absolute Gasteiger partial charge is 0.359 e. The highest BCUT2D eigenvalue weighted by molar-refractivity contribution is 5.79. The molecular weight excluding hydrogens is 356 g/mol. The highest BCUT2D eigenvalue weighted by Gasteiger charge is 2.18. The van der Waals surface area contributed by atoms with Crippen LogP contribution < -0.4 is 15.5 Å². The van der Waals surface area contributed by atoms with Crippen molar-refractivity contribution in [3.8, 4) is 0 Å². The van der Waals surface area contributed by atoms with Crippen molar-refractivity contribution in [2.24, 2.45) is 4.99 Å². The van der Waals surface area contributed by atoms with Crippen LogP contribution in [0.5, 0.6) is 0 Å². The van der Waals surface area contributed by atoms with Crippen LogP contribution in [0.25, 0.3) is 0 Å². The maximum absolute atomic E-state index is 5.35. The Labute approximate surface area is 166 Å². The molecule has 0 atom stereocenters. The standard InChI is InChI=1S/C19H30N8O/c1-15(2)17-13-16(28-25-17)14-24-18(20-3)21-7-8-26-9-11-27(12-10-26)19-22-5-4-6-23-19/h4-6,13,15H,7-12,14H2,1-3H3,(H2,20,21,24). The minimum atomic E-state index is 0.365. The van der Waals surface area contributed by atoms with Crippen LogP contribution in [-0.2, 0) is 6.54 Å². The smallest absolute Gasteiger partial charge is 0.225 e. The summed E-state index contributed by atoms with van der Waals surface area (Å²) in [7, 11) is 1.77. The van der Waals surface area contributed by atoms with E-state index in [1.807, 2.05) is 12.1 Å². The average Bonchev–Trinajstić information content (AvgIpc) is 3.21. The summed E-state index contributed by atoms with van der Waals surface area (Å²) < 4.78 is 5.35. The van der Waals surface area contributed by atoms with Crippen molar-refractivity contribution < 1.29 is 4.52 Å². The summed E-state index contributed by atoms with van der Waals surface area (Å²) in [6, 6.07) is 3.83. The van der Waals surface area contributed by atoms with Crippen molar-refractivity contribution in [2.45, 2.75) is 26.3 Å². The lowest BCUT2D eigenvalue weighted by atomic mass is 10.1. The van der Waals surface area contributed by atoms with Crippen molar-refractivity contribution in [2.75, 3.05) is 51.2 Å². The number of nitrogens with one attached hydrogen (secondary N) is 2. The monoisotopic (exact) mass is 386 g/mol. The third-order valence-corrected chi connectivity index (χ3v) is 4.75. The predicted molar refractivity (Wildman–Crippen MR) is 109 cm³/mol. The number of hydrogen-bond acceptors (Lipinski definition) is 7. The molecule has 0 aliphatic carbocycles. The Morgan fingerprint density at radius 2 is 1.93 bits per heavy atom. The van der Waals surface area contributed by atoms with Gasteiger partial charge >= 0.3 is 0 Å². The van der Waals surface area contributed by atoms with Crippen molar-refractivity contribution >= 4 is 11.9 Å². The van der Waals surface area contributed by atoms with E-state index in [1.165, 1.54) is 0 Å². The molecule has 0 aromatic carbocycles. The zero-order valence-corrected chi connectivity index (χ0v) is 16.9. The summed E-state index contributed by atoms with van der Waals surface area (Å²) in [6.07, 6.45) is 3.58. The van der Waals surface area contributed by atoms with Gasteiger partial charge in [0.1, 0.15) is 0 Å². The van der Waals surface area contributed by atoms with E-state index in [9.17, 15) is 0 Å². The van der Waals surface area contributed by atoms with Gasteiger partial charge in [-0.2, -0.15) is 0 Å². The molecule has 2 N–H and O–H groups in total. The first-order chi connectivity index (χ1) is 13.7. The highest BCUT2D eigenvalue weighted by atomic mass is 16.5. The Hall–Kier alpha value is -2.68. The predicted octanol–water partition coefficient (Wildman–Crippen LogP) is 1.08. The highest BCUT2D eigenvalue weighted by Crippen LogP contribution is 2.13. The molecule has 0 unspecified atom stereocenters. The molecule has 1 aliphatic rings. The first-order valence-electron chi connectivity index (χ1n) is 9.80. The Kier molecular flexibility index (Phi) is 7.18. The first-order valence-corrected chi connectivity index (χ1v) is 9.80. The van der Waals surface area contributed by atoms with E-state index >= 15 is 0 Å². The Bertz CT molecular complexity index is 737. The fraction of sp³-hybridized carbons (Fsp3) is 0.579. The van der Waals surface area contributed by atoms with Gasteiger partial charge in [0.15, 0.2) is 11.7 Å². The molecule has 2 aromatic rings. The molecule has 0 saturated carbocycles. The number of anilines is 1. The fourth-order valence-corrected chi connectivity index (χ4v) is 3.03. The summed E-state index contributed by atoms with van der Waals surface area (Å²) in [4.78, 5) is 17.6. The van der Waals surface area contributed by atoms with E-state index in [0.29, 0.717) is 12.5 Å². The molecule has 0 bridgehead atoms. The summed E-state index contributed by atoms with van der Waals surface area (Å²) in [6.45, 7) is 10.4. The van der Waals surface area contributed by atoms with Crippen LogP contribution in [-0.4, -0.2) is 72.3 Å². The van der Waals surface area contributed by atoms with Gasteiger partial charge < -0.3 is 20.1 Å². The van der Waals surface area contributed by atoms with E-state index in [1.54, 1.807) is 19.4 Å². The SMILES string of the molecule is CN=C(NCCN1CCN(c2ncccn2)CC1)NCc1cc(C(C)C)no1. The lowest BCUT2D eigenvalue weighted by Crippen LogP contribution is -2.49. The lowest BCUT2D eigenvalue weighted by Gasteiger charge is -2.34. The van der Waals surface area contributed by atoms with Gasteiger partial charge in [-0.1, -0.05) is 19.0 Å². The number of aromatic nitrogens is 3. The molecule has 3 heterocycles. The second kappa shape index (κ2) is 10.0. The maximum Gasteiger partial charge on any atom is 0.225 e. The molecule has 9 heteroatoms. The van der Waals surface area contributed by atoms with E-state index in [0.717, 1.165) is 62.6 Å². The third-order valence-electron chi connectivity index (χ3n) is 4.75. The molecule has 1 saturated heterocycles. The van der Waals surface area contributed by atoms with E-state index < -0.39 is 0 Å². The van der Waals surface area contributed by atoms with Crippen molar-refractivity contribution in [3.63, 3.8) is 0 Å². The maximum atomic E-state index is 5.35. The summed E-state index contributed by atoms with van der Waals surface area (Å²) in [5.41, 5.74) is 0.972. The van der Waals surface area contributed by atoms with Gasteiger partial charge in [0.2, 0.25) is 5.95 Å². The Balaban J connectivity index is 1.34. The number of aliphatic imine (C=N–C) groups is 1. The van der Waals surface area contributed by atoms with Crippen molar-refractivity contribution in [1.29, 1.82) is 0 Å². The molecule has 28 heavy (non-hydrogen) atoms. The molecule has 1 aliphatic heterocycles. The normalized spacial score (nSPS) is 15.9. The number of rotatable bonds is 7. The van der Waals surface area contributed by atoms with Crippen LogP contribution >= 0.6 is 0 Å². The van der Waals surface area contributed by atoms with Crippen molar-refractivity contribution in [3.05, 3.63) is 36.0 Å². The average molecular weight is 387 g/mol. The van der Waals surface area contributed by atoms with E-state index in [-0.39, 0.29) is 0 Å².